The molecule has 0 bridgehead atoms. The molecule has 0 amide bonds. The van der Waals surface area contributed by atoms with Gasteiger partial charge in [0.2, 0.25) is 0 Å². The molecular weight excluding hydrogens is 224 g/mol. The van der Waals surface area contributed by atoms with Gasteiger partial charge in [-0.05, 0) is 24.8 Å². The predicted molar refractivity (Wildman–Crippen MR) is 70.5 cm³/mol. The Morgan fingerprint density at radius 1 is 1.17 bits per heavy atom. The van der Waals surface area contributed by atoms with Crippen LogP contribution in [0.5, 0.6) is 0 Å². The van der Waals surface area contributed by atoms with E-state index in [2.05, 4.69) is 12.1 Å². The number of ketones is 1. The van der Waals surface area contributed by atoms with E-state index >= 15 is 0 Å². The minimum absolute atomic E-state index is 0.128. The Hall–Kier alpha value is -1.15. The molecule has 1 saturated heterocycles. The van der Waals surface area contributed by atoms with E-state index in [-0.39, 0.29) is 11.3 Å². The lowest BCUT2D eigenvalue weighted by Crippen LogP contribution is -2.38. The normalized spacial score (nSPS) is 26.3. The van der Waals surface area contributed by atoms with Crippen LogP contribution in [0.15, 0.2) is 30.3 Å². The molecule has 1 saturated carbocycles. The Labute approximate surface area is 108 Å². The van der Waals surface area contributed by atoms with Crippen LogP contribution in [0.3, 0.4) is 0 Å². The van der Waals surface area contributed by atoms with Crippen LogP contribution >= 0.6 is 0 Å². The zero-order valence-corrected chi connectivity index (χ0v) is 10.7. The van der Waals surface area contributed by atoms with E-state index in [1.54, 1.807) is 0 Å². The van der Waals surface area contributed by atoms with E-state index in [0.29, 0.717) is 12.4 Å². The summed E-state index contributed by atoms with van der Waals surface area (Å²) in [7, 11) is 0. The highest BCUT2D eigenvalue weighted by Crippen LogP contribution is 2.44. The van der Waals surface area contributed by atoms with Crippen molar-refractivity contribution < 1.29 is 9.53 Å². The third-order valence-electron chi connectivity index (χ3n) is 4.56. The van der Waals surface area contributed by atoms with Crippen molar-refractivity contribution in [3.63, 3.8) is 0 Å². The quantitative estimate of drug-likeness (QED) is 0.816. The van der Waals surface area contributed by atoms with Crippen molar-refractivity contribution in [1.82, 2.24) is 0 Å². The van der Waals surface area contributed by atoms with Crippen molar-refractivity contribution in [2.75, 3.05) is 13.2 Å². The van der Waals surface area contributed by atoms with E-state index in [1.807, 2.05) is 18.2 Å². The number of carbonyl (C=O) groups is 1. The van der Waals surface area contributed by atoms with E-state index in [4.69, 9.17) is 4.74 Å². The average molecular weight is 244 g/mol. The summed E-state index contributed by atoms with van der Waals surface area (Å²) in [5.41, 5.74) is 1.01. The maximum absolute atomic E-state index is 12.9. The van der Waals surface area contributed by atoms with Crippen LogP contribution < -0.4 is 0 Å². The van der Waals surface area contributed by atoms with E-state index in [9.17, 15) is 4.79 Å². The molecule has 0 radical (unpaired) electrons. The molecule has 3 rings (SSSR count). The second kappa shape index (κ2) is 4.85. The SMILES string of the molecule is O=C(C1CCOC1)C1(c2ccccc2)CCCC1. The monoisotopic (exact) mass is 244 g/mol. The van der Waals surface area contributed by atoms with Gasteiger partial charge in [-0.2, -0.15) is 0 Å². The van der Waals surface area contributed by atoms with Gasteiger partial charge in [0.05, 0.1) is 12.0 Å². The molecule has 1 aromatic carbocycles. The molecule has 1 aliphatic carbocycles. The fourth-order valence-electron chi connectivity index (χ4n) is 3.55. The van der Waals surface area contributed by atoms with Gasteiger partial charge in [0.25, 0.3) is 0 Å². The maximum Gasteiger partial charge on any atom is 0.148 e. The molecule has 1 aliphatic heterocycles. The number of ether oxygens (including phenoxy) is 1. The van der Waals surface area contributed by atoms with Crippen LogP contribution in [-0.2, 0) is 14.9 Å². The fraction of sp³-hybridized carbons (Fsp3) is 0.562. The van der Waals surface area contributed by atoms with Crippen LogP contribution in [0.1, 0.15) is 37.7 Å². The average Bonchev–Trinajstić information content (AvgIpc) is 3.11. The smallest absolute Gasteiger partial charge is 0.148 e. The van der Waals surface area contributed by atoms with Gasteiger partial charge < -0.3 is 4.74 Å². The molecule has 1 aromatic rings. The van der Waals surface area contributed by atoms with Crippen molar-refractivity contribution in [3.05, 3.63) is 35.9 Å². The molecule has 0 aromatic heterocycles. The van der Waals surface area contributed by atoms with Gasteiger partial charge in [0.1, 0.15) is 5.78 Å². The first kappa shape index (κ1) is 11.9. The predicted octanol–water partition coefficient (Wildman–Crippen LogP) is 3.10. The summed E-state index contributed by atoms with van der Waals surface area (Å²) >= 11 is 0. The van der Waals surface area contributed by atoms with Gasteiger partial charge in [0, 0.05) is 12.5 Å². The van der Waals surface area contributed by atoms with Gasteiger partial charge in [-0.15, -0.1) is 0 Å². The molecule has 96 valence electrons. The molecule has 0 N–H and O–H groups in total. The molecule has 2 fully saturated rings. The van der Waals surface area contributed by atoms with Crippen LogP contribution in [0, 0.1) is 5.92 Å². The summed E-state index contributed by atoms with van der Waals surface area (Å²) in [6, 6.07) is 10.4. The van der Waals surface area contributed by atoms with E-state index < -0.39 is 0 Å². The minimum atomic E-state index is -0.209. The van der Waals surface area contributed by atoms with Gasteiger partial charge in [-0.25, -0.2) is 0 Å². The standard InChI is InChI=1S/C16H20O2/c17-15(13-8-11-18-12-13)16(9-4-5-10-16)14-6-2-1-3-7-14/h1-3,6-7,13H,4-5,8-12H2. The first-order chi connectivity index (χ1) is 8.83. The first-order valence-electron chi connectivity index (χ1n) is 7.00. The van der Waals surface area contributed by atoms with Gasteiger partial charge in [-0.3, -0.25) is 4.79 Å². The topological polar surface area (TPSA) is 26.3 Å². The number of hydrogen-bond acceptors (Lipinski definition) is 2. The Morgan fingerprint density at radius 2 is 1.89 bits per heavy atom. The largest absolute Gasteiger partial charge is 0.381 e. The second-order valence-electron chi connectivity index (χ2n) is 5.58. The van der Waals surface area contributed by atoms with Gasteiger partial charge in [0.15, 0.2) is 0 Å². The lowest BCUT2D eigenvalue weighted by Gasteiger charge is -2.30. The van der Waals surface area contributed by atoms with E-state index in [0.717, 1.165) is 25.9 Å². The first-order valence-corrected chi connectivity index (χ1v) is 7.00. The summed E-state index contributed by atoms with van der Waals surface area (Å²) in [6.45, 7) is 1.38. The Bertz CT molecular complexity index is 412. The van der Waals surface area contributed by atoms with Crippen molar-refractivity contribution in [3.8, 4) is 0 Å². The molecular formula is C16H20O2. The number of Topliss-reactive ketones (excluding diaryl/α,β-unsaturated/α-hetero) is 1. The minimum Gasteiger partial charge on any atom is -0.381 e. The molecule has 2 heteroatoms. The molecule has 2 aliphatic rings. The maximum atomic E-state index is 12.9. The van der Waals surface area contributed by atoms with Crippen LogP contribution in [0.4, 0.5) is 0 Å². The van der Waals surface area contributed by atoms with E-state index in [1.165, 1.54) is 18.4 Å². The van der Waals surface area contributed by atoms with Gasteiger partial charge in [-0.1, -0.05) is 43.2 Å². The highest BCUT2D eigenvalue weighted by atomic mass is 16.5. The highest BCUT2D eigenvalue weighted by molar-refractivity contribution is 5.92. The zero-order valence-electron chi connectivity index (χ0n) is 10.7. The Morgan fingerprint density at radius 3 is 2.50 bits per heavy atom. The van der Waals surface area contributed by atoms with Crippen LogP contribution in [0.25, 0.3) is 0 Å². The van der Waals surface area contributed by atoms with Gasteiger partial charge >= 0.3 is 0 Å². The molecule has 1 atom stereocenters. The van der Waals surface area contributed by atoms with Crippen molar-refractivity contribution in [1.29, 1.82) is 0 Å². The third kappa shape index (κ3) is 1.89. The molecule has 1 heterocycles. The molecule has 1 unspecified atom stereocenters. The number of rotatable bonds is 3. The summed E-state index contributed by atoms with van der Waals surface area (Å²) in [5, 5.41) is 0. The van der Waals surface area contributed by atoms with Crippen LogP contribution in [0.2, 0.25) is 0 Å². The lowest BCUT2D eigenvalue weighted by atomic mass is 9.71. The number of hydrogen-bond donors (Lipinski definition) is 0. The van der Waals surface area contributed by atoms with Crippen molar-refractivity contribution in [2.24, 2.45) is 5.92 Å². The lowest BCUT2D eigenvalue weighted by molar-refractivity contribution is -0.128. The molecule has 2 nitrogen and oxygen atoms in total. The zero-order chi connectivity index (χ0) is 12.4. The van der Waals surface area contributed by atoms with Crippen molar-refractivity contribution >= 4 is 5.78 Å². The third-order valence-corrected chi connectivity index (χ3v) is 4.56. The number of benzene rings is 1. The fourth-order valence-corrected chi connectivity index (χ4v) is 3.55. The second-order valence-corrected chi connectivity index (χ2v) is 5.58. The summed E-state index contributed by atoms with van der Waals surface area (Å²) in [4.78, 5) is 12.9. The number of carbonyl (C=O) groups excluding carboxylic acids is 1. The summed E-state index contributed by atoms with van der Waals surface area (Å²) in [6.07, 6.45) is 5.30. The van der Waals surface area contributed by atoms with Crippen LogP contribution in [-0.4, -0.2) is 19.0 Å². The Balaban J connectivity index is 1.94. The highest BCUT2D eigenvalue weighted by Gasteiger charge is 2.45. The molecule has 0 spiro atoms. The summed E-state index contributed by atoms with van der Waals surface area (Å²) < 4.78 is 5.40. The Kier molecular flexibility index (Phi) is 3.21. The summed E-state index contributed by atoms with van der Waals surface area (Å²) in [5.74, 6) is 0.562. The molecule has 18 heavy (non-hydrogen) atoms. The van der Waals surface area contributed by atoms with Crippen molar-refractivity contribution in [2.45, 2.75) is 37.5 Å².